The van der Waals surface area contributed by atoms with Crippen molar-refractivity contribution in [3.63, 3.8) is 0 Å². The molecule has 1 aliphatic heterocycles. The maximum atomic E-state index is 12.3. The van der Waals surface area contributed by atoms with Gasteiger partial charge in [0.1, 0.15) is 5.52 Å². The van der Waals surface area contributed by atoms with Crippen LogP contribution in [-0.2, 0) is 11.8 Å². The molecule has 6 heteroatoms. The smallest absolute Gasteiger partial charge is 0.225 e. The average molecular weight is 299 g/mol. The van der Waals surface area contributed by atoms with Gasteiger partial charge in [-0.15, -0.1) is 0 Å². The van der Waals surface area contributed by atoms with E-state index in [0.29, 0.717) is 6.04 Å². The van der Waals surface area contributed by atoms with E-state index in [2.05, 4.69) is 15.2 Å². The predicted molar refractivity (Wildman–Crippen MR) is 84.6 cm³/mol. The van der Waals surface area contributed by atoms with Crippen LogP contribution in [0.3, 0.4) is 0 Å². The summed E-state index contributed by atoms with van der Waals surface area (Å²) in [6.45, 7) is 1.69. The third-order valence-corrected chi connectivity index (χ3v) is 4.60. The SMILES string of the molecule is Cn1c(N2CCCC(C(=O)NC3CC3)C2)nc2cccnc21. The van der Waals surface area contributed by atoms with E-state index >= 15 is 0 Å². The lowest BCUT2D eigenvalue weighted by molar-refractivity contribution is -0.125. The quantitative estimate of drug-likeness (QED) is 0.932. The number of anilines is 1. The van der Waals surface area contributed by atoms with Crippen LogP contribution >= 0.6 is 0 Å². The van der Waals surface area contributed by atoms with Gasteiger partial charge < -0.3 is 10.2 Å². The van der Waals surface area contributed by atoms with Gasteiger partial charge in [0.05, 0.1) is 5.92 Å². The average Bonchev–Trinajstić information content (AvgIpc) is 3.30. The number of nitrogens with one attached hydrogen (secondary N) is 1. The van der Waals surface area contributed by atoms with Gasteiger partial charge in [-0.1, -0.05) is 0 Å². The largest absolute Gasteiger partial charge is 0.353 e. The van der Waals surface area contributed by atoms with Crippen molar-refractivity contribution in [2.24, 2.45) is 13.0 Å². The third kappa shape index (κ3) is 2.42. The minimum Gasteiger partial charge on any atom is -0.353 e. The van der Waals surface area contributed by atoms with Crippen molar-refractivity contribution in [3.05, 3.63) is 18.3 Å². The molecule has 1 saturated carbocycles. The first kappa shape index (κ1) is 13.5. The Morgan fingerprint density at radius 2 is 2.23 bits per heavy atom. The number of carbonyl (C=O) groups is 1. The van der Waals surface area contributed by atoms with Crippen molar-refractivity contribution in [1.82, 2.24) is 19.9 Å². The number of aromatic nitrogens is 3. The molecular weight excluding hydrogens is 278 g/mol. The number of nitrogens with zero attached hydrogens (tertiary/aromatic N) is 4. The summed E-state index contributed by atoms with van der Waals surface area (Å²) in [4.78, 5) is 23.6. The van der Waals surface area contributed by atoms with Crippen molar-refractivity contribution < 1.29 is 4.79 Å². The zero-order chi connectivity index (χ0) is 15.1. The van der Waals surface area contributed by atoms with Crippen LogP contribution in [0.5, 0.6) is 0 Å². The van der Waals surface area contributed by atoms with Crippen molar-refractivity contribution in [2.45, 2.75) is 31.7 Å². The van der Waals surface area contributed by atoms with Gasteiger partial charge in [-0.05, 0) is 37.8 Å². The van der Waals surface area contributed by atoms with E-state index in [1.807, 2.05) is 23.7 Å². The molecule has 1 unspecified atom stereocenters. The van der Waals surface area contributed by atoms with Crippen LogP contribution in [-0.4, -0.2) is 39.6 Å². The van der Waals surface area contributed by atoms with E-state index in [4.69, 9.17) is 4.98 Å². The van der Waals surface area contributed by atoms with Crippen LogP contribution in [0.15, 0.2) is 18.3 Å². The fourth-order valence-electron chi connectivity index (χ4n) is 3.21. The zero-order valence-electron chi connectivity index (χ0n) is 12.8. The molecule has 0 spiro atoms. The molecule has 1 atom stereocenters. The minimum atomic E-state index is 0.0714. The van der Waals surface area contributed by atoms with Gasteiger partial charge >= 0.3 is 0 Å². The molecule has 6 nitrogen and oxygen atoms in total. The van der Waals surface area contributed by atoms with E-state index in [9.17, 15) is 4.79 Å². The van der Waals surface area contributed by atoms with Gasteiger partial charge in [0.15, 0.2) is 5.65 Å². The number of piperidine rings is 1. The van der Waals surface area contributed by atoms with Gasteiger partial charge in [-0.3, -0.25) is 9.36 Å². The number of hydrogen-bond donors (Lipinski definition) is 1. The summed E-state index contributed by atoms with van der Waals surface area (Å²) in [5.74, 6) is 1.20. The summed E-state index contributed by atoms with van der Waals surface area (Å²) in [5, 5.41) is 3.13. The number of rotatable bonds is 3. The molecule has 1 saturated heterocycles. The highest BCUT2D eigenvalue weighted by Crippen LogP contribution is 2.26. The summed E-state index contributed by atoms with van der Waals surface area (Å²) in [7, 11) is 1.99. The number of amides is 1. The summed E-state index contributed by atoms with van der Waals surface area (Å²) in [5.41, 5.74) is 1.80. The minimum absolute atomic E-state index is 0.0714. The van der Waals surface area contributed by atoms with E-state index in [1.165, 1.54) is 0 Å². The van der Waals surface area contributed by atoms with Gasteiger partial charge in [0.2, 0.25) is 11.9 Å². The van der Waals surface area contributed by atoms with Crippen LogP contribution < -0.4 is 10.2 Å². The number of carbonyl (C=O) groups excluding carboxylic acids is 1. The number of fused-ring (bicyclic) bond motifs is 1. The molecule has 3 heterocycles. The number of hydrogen-bond acceptors (Lipinski definition) is 4. The van der Waals surface area contributed by atoms with Crippen LogP contribution in [0.4, 0.5) is 5.95 Å². The Hall–Kier alpha value is -2.11. The lowest BCUT2D eigenvalue weighted by Gasteiger charge is -2.32. The molecule has 4 rings (SSSR count). The Morgan fingerprint density at radius 3 is 3.00 bits per heavy atom. The summed E-state index contributed by atoms with van der Waals surface area (Å²) in [6.07, 6.45) is 6.06. The Bertz CT molecular complexity index is 706. The molecule has 2 aromatic heterocycles. The molecule has 0 radical (unpaired) electrons. The molecule has 0 bridgehead atoms. The number of aryl methyl sites for hydroxylation is 1. The molecule has 22 heavy (non-hydrogen) atoms. The lowest BCUT2D eigenvalue weighted by atomic mass is 9.97. The highest BCUT2D eigenvalue weighted by atomic mass is 16.2. The Labute approximate surface area is 129 Å². The second-order valence-corrected chi connectivity index (χ2v) is 6.38. The predicted octanol–water partition coefficient (Wildman–Crippen LogP) is 1.46. The molecule has 2 aliphatic rings. The van der Waals surface area contributed by atoms with Crippen LogP contribution in [0, 0.1) is 5.92 Å². The van der Waals surface area contributed by atoms with Gasteiger partial charge in [-0.25, -0.2) is 9.97 Å². The summed E-state index contributed by atoms with van der Waals surface area (Å²) >= 11 is 0. The molecule has 1 amide bonds. The standard InChI is InChI=1S/C16H21N5O/c1-20-14-13(5-2-8-17-14)19-16(20)21-9-3-4-11(10-21)15(22)18-12-6-7-12/h2,5,8,11-12H,3-4,6-7,9-10H2,1H3,(H,18,22). The summed E-state index contributed by atoms with van der Waals surface area (Å²) < 4.78 is 2.02. The molecule has 2 aromatic rings. The normalized spacial score (nSPS) is 22.0. The van der Waals surface area contributed by atoms with Crippen molar-refractivity contribution in [2.75, 3.05) is 18.0 Å². The monoisotopic (exact) mass is 299 g/mol. The maximum Gasteiger partial charge on any atom is 0.225 e. The zero-order valence-corrected chi connectivity index (χ0v) is 12.8. The number of pyridine rings is 1. The molecule has 0 aromatic carbocycles. The molecule has 1 aliphatic carbocycles. The van der Waals surface area contributed by atoms with Crippen LogP contribution in [0.25, 0.3) is 11.2 Å². The Balaban J connectivity index is 1.55. The Kier molecular flexibility index (Phi) is 3.24. The first-order chi connectivity index (χ1) is 10.7. The van der Waals surface area contributed by atoms with E-state index < -0.39 is 0 Å². The number of imidazole rings is 1. The highest BCUT2D eigenvalue weighted by molar-refractivity contribution is 5.80. The highest BCUT2D eigenvalue weighted by Gasteiger charge is 2.31. The maximum absolute atomic E-state index is 12.3. The second-order valence-electron chi connectivity index (χ2n) is 6.38. The summed E-state index contributed by atoms with van der Waals surface area (Å²) in [6, 6.07) is 4.32. The van der Waals surface area contributed by atoms with Crippen LogP contribution in [0.1, 0.15) is 25.7 Å². The van der Waals surface area contributed by atoms with Crippen molar-refractivity contribution >= 4 is 23.0 Å². The first-order valence-corrected chi connectivity index (χ1v) is 8.05. The topological polar surface area (TPSA) is 63.1 Å². The van der Waals surface area contributed by atoms with Gasteiger partial charge in [0.25, 0.3) is 0 Å². The lowest BCUT2D eigenvalue weighted by Crippen LogP contribution is -2.44. The molecule has 2 fully saturated rings. The van der Waals surface area contributed by atoms with E-state index in [0.717, 1.165) is 55.9 Å². The Morgan fingerprint density at radius 1 is 1.36 bits per heavy atom. The van der Waals surface area contributed by atoms with Crippen molar-refractivity contribution in [3.8, 4) is 0 Å². The van der Waals surface area contributed by atoms with Gasteiger partial charge in [0, 0.05) is 32.4 Å². The van der Waals surface area contributed by atoms with Gasteiger partial charge in [-0.2, -0.15) is 0 Å². The molecular formula is C16H21N5O. The van der Waals surface area contributed by atoms with E-state index in [1.54, 1.807) is 6.20 Å². The molecule has 1 N–H and O–H groups in total. The second kappa shape index (κ2) is 5.26. The molecule has 116 valence electrons. The van der Waals surface area contributed by atoms with E-state index in [-0.39, 0.29) is 11.8 Å². The first-order valence-electron chi connectivity index (χ1n) is 8.05. The third-order valence-electron chi connectivity index (χ3n) is 4.60. The van der Waals surface area contributed by atoms with Crippen LogP contribution in [0.2, 0.25) is 0 Å². The fourth-order valence-corrected chi connectivity index (χ4v) is 3.21. The van der Waals surface area contributed by atoms with Crippen molar-refractivity contribution in [1.29, 1.82) is 0 Å². The fraction of sp³-hybridized carbons (Fsp3) is 0.562.